The summed E-state index contributed by atoms with van der Waals surface area (Å²) in [7, 11) is 0. The Hall–Kier alpha value is -3.19. The zero-order valence-corrected chi connectivity index (χ0v) is 16.2. The number of rotatable bonds is 5. The molecule has 1 aromatic heterocycles. The van der Waals surface area contributed by atoms with Crippen molar-refractivity contribution in [3.63, 3.8) is 0 Å². The third-order valence-electron chi connectivity index (χ3n) is 5.08. The van der Waals surface area contributed by atoms with Crippen molar-refractivity contribution in [1.29, 1.82) is 0 Å². The number of aliphatic hydroxyl groups is 1. The highest BCUT2D eigenvalue weighted by Gasteiger charge is 2.26. The molecule has 6 nitrogen and oxygen atoms in total. The van der Waals surface area contributed by atoms with Crippen molar-refractivity contribution in [1.82, 2.24) is 14.5 Å². The number of aliphatic hydroxyl groups excluding tert-OH is 1. The Morgan fingerprint density at radius 3 is 2.55 bits per heavy atom. The number of anilines is 2. The summed E-state index contributed by atoms with van der Waals surface area (Å²) in [6.45, 7) is 3.39. The Morgan fingerprint density at radius 2 is 1.86 bits per heavy atom. The predicted molar refractivity (Wildman–Crippen MR) is 109 cm³/mol. The average Bonchev–Trinajstić information content (AvgIpc) is 3.08. The number of amides is 1. The molecule has 0 saturated carbocycles. The number of benzene rings is 2. The zero-order chi connectivity index (χ0) is 20.4. The molecule has 3 aromatic rings. The molecule has 0 bridgehead atoms. The van der Waals surface area contributed by atoms with Gasteiger partial charge in [-0.1, -0.05) is 17.7 Å². The van der Waals surface area contributed by atoms with Gasteiger partial charge in [0.25, 0.3) is 0 Å². The van der Waals surface area contributed by atoms with Crippen LogP contribution in [-0.4, -0.2) is 38.6 Å². The van der Waals surface area contributed by atoms with Crippen LogP contribution in [0.15, 0.2) is 48.5 Å². The lowest BCUT2D eigenvalue weighted by Crippen LogP contribution is -2.38. The molecule has 4 rings (SSSR count). The van der Waals surface area contributed by atoms with Crippen molar-refractivity contribution in [2.24, 2.45) is 0 Å². The van der Waals surface area contributed by atoms with Crippen LogP contribution in [0.4, 0.5) is 15.9 Å². The van der Waals surface area contributed by atoms with Crippen LogP contribution in [0.2, 0.25) is 0 Å². The van der Waals surface area contributed by atoms with Gasteiger partial charge >= 0.3 is 0 Å². The van der Waals surface area contributed by atoms with E-state index in [0.29, 0.717) is 19.6 Å². The van der Waals surface area contributed by atoms with Gasteiger partial charge in [0.1, 0.15) is 23.2 Å². The van der Waals surface area contributed by atoms with Crippen molar-refractivity contribution in [3.8, 4) is 11.3 Å². The highest BCUT2D eigenvalue weighted by Crippen LogP contribution is 2.33. The summed E-state index contributed by atoms with van der Waals surface area (Å²) in [6.07, 6.45) is 0.111. The Labute approximate surface area is 168 Å². The van der Waals surface area contributed by atoms with Crippen molar-refractivity contribution in [2.45, 2.75) is 26.4 Å². The highest BCUT2D eigenvalue weighted by molar-refractivity contribution is 5.78. The monoisotopic (exact) mass is 394 g/mol. The second kappa shape index (κ2) is 8.05. The lowest BCUT2D eigenvalue weighted by atomic mass is 10.1. The van der Waals surface area contributed by atoms with Crippen LogP contribution < -0.4 is 5.32 Å². The van der Waals surface area contributed by atoms with Crippen LogP contribution in [-0.2, 0) is 17.9 Å². The van der Waals surface area contributed by atoms with E-state index in [0.717, 1.165) is 28.6 Å². The number of nitrogens with one attached hydrogen (secondary N) is 1. The second-order valence-corrected chi connectivity index (χ2v) is 7.16. The van der Waals surface area contributed by atoms with Crippen LogP contribution in [0.5, 0.6) is 0 Å². The maximum Gasteiger partial charge on any atom is 0.225 e. The molecule has 1 amide bonds. The van der Waals surface area contributed by atoms with E-state index in [4.69, 9.17) is 10.1 Å². The molecule has 0 radical (unpaired) electrons. The minimum absolute atomic E-state index is 0.0851. The first kappa shape index (κ1) is 19.1. The van der Waals surface area contributed by atoms with Crippen molar-refractivity contribution < 1.29 is 14.3 Å². The number of hydrogen-bond donors (Lipinski definition) is 2. The molecule has 0 unspecified atom stereocenters. The molecular formula is C22H23FN4O2. The minimum atomic E-state index is -0.299. The number of fused-ring (bicyclic) bond motifs is 1. The molecule has 29 heavy (non-hydrogen) atoms. The highest BCUT2D eigenvalue weighted by atomic mass is 19.1. The van der Waals surface area contributed by atoms with Gasteiger partial charge in [-0.15, -0.1) is 0 Å². The third kappa shape index (κ3) is 4.00. The normalized spacial score (nSPS) is 13.3. The molecule has 0 aliphatic carbocycles. The fourth-order valence-electron chi connectivity index (χ4n) is 3.51. The molecule has 150 valence electrons. The Kier molecular flexibility index (Phi) is 5.31. The smallest absolute Gasteiger partial charge is 0.225 e. The molecule has 1 aliphatic heterocycles. The molecule has 0 spiro atoms. The van der Waals surface area contributed by atoms with E-state index in [1.165, 1.54) is 17.7 Å². The molecule has 0 fully saturated rings. The van der Waals surface area contributed by atoms with E-state index >= 15 is 0 Å². The first-order chi connectivity index (χ1) is 14.0. The van der Waals surface area contributed by atoms with Gasteiger partial charge in [-0.2, -0.15) is 0 Å². The Bertz CT molecular complexity index is 1010. The van der Waals surface area contributed by atoms with E-state index in [1.807, 2.05) is 31.2 Å². The number of aromatic nitrogens is 2. The summed E-state index contributed by atoms with van der Waals surface area (Å²) in [5.74, 6) is 1.20. The lowest BCUT2D eigenvalue weighted by molar-refractivity contribution is -0.133. The summed E-state index contributed by atoms with van der Waals surface area (Å²) in [5, 5.41) is 12.5. The number of halogens is 1. The van der Waals surface area contributed by atoms with Gasteiger partial charge in [0.2, 0.25) is 5.91 Å². The summed E-state index contributed by atoms with van der Waals surface area (Å²) >= 11 is 0. The number of nitrogens with zero attached hydrogens (tertiary/aromatic N) is 3. The van der Waals surface area contributed by atoms with Crippen LogP contribution in [0, 0.1) is 12.7 Å². The summed E-state index contributed by atoms with van der Waals surface area (Å²) in [5.41, 5.74) is 3.62. The van der Waals surface area contributed by atoms with Gasteiger partial charge in [0, 0.05) is 30.8 Å². The van der Waals surface area contributed by atoms with Crippen LogP contribution in [0.25, 0.3) is 11.3 Å². The maximum atomic E-state index is 13.4. The van der Waals surface area contributed by atoms with Crippen molar-refractivity contribution in [3.05, 3.63) is 65.7 Å². The van der Waals surface area contributed by atoms with Gasteiger partial charge < -0.3 is 19.9 Å². The number of aryl methyl sites for hydroxylation is 1. The predicted octanol–water partition coefficient (Wildman–Crippen LogP) is 3.47. The van der Waals surface area contributed by atoms with Gasteiger partial charge in [-0.25, -0.2) is 9.37 Å². The summed E-state index contributed by atoms with van der Waals surface area (Å²) < 4.78 is 15.5. The van der Waals surface area contributed by atoms with Crippen LogP contribution >= 0.6 is 0 Å². The molecular weight excluding hydrogens is 371 g/mol. The number of hydrogen-bond acceptors (Lipinski definition) is 4. The van der Waals surface area contributed by atoms with E-state index in [2.05, 4.69) is 9.88 Å². The van der Waals surface area contributed by atoms with Gasteiger partial charge in [-0.3, -0.25) is 4.79 Å². The van der Waals surface area contributed by atoms with E-state index in [1.54, 1.807) is 17.0 Å². The number of carbonyl (C=O) groups excluding carboxylic acids is 1. The fraction of sp³-hybridized carbons (Fsp3) is 0.273. The summed E-state index contributed by atoms with van der Waals surface area (Å²) in [6, 6.07) is 14.3. The van der Waals surface area contributed by atoms with Gasteiger partial charge in [0.15, 0.2) is 0 Å². The maximum absolute atomic E-state index is 13.4. The molecule has 7 heteroatoms. The van der Waals surface area contributed by atoms with E-state index in [9.17, 15) is 9.18 Å². The standard InChI is InChI=1S/C22H23FN4O2/c1-15-2-8-18(9-3-15)24-22-21(16-4-6-17(23)7-5-16)25-19-14-26(11-12-27(19)22)20(29)10-13-28/h2-9,24,28H,10-14H2,1H3. The number of imidazole rings is 1. The fourth-order valence-corrected chi connectivity index (χ4v) is 3.51. The summed E-state index contributed by atoms with van der Waals surface area (Å²) in [4.78, 5) is 18.7. The first-order valence-corrected chi connectivity index (χ1v) is 9.63. The first-order valence-electron chi connectivity index (χ1n) is 9.63. The second-order valence-electron chi connectivity index (χ2n) is 7.16. The van der Waals surface area contributed by atoms with E-state index < -0.39 is 0 Å². The van der Waals surface area contributed by atoms with Crippen molar-refractivity contribution >= 4 is 17.4 Å². The Balaban J connectivity index is 1.72. The largest absolute Gasteiger partial charge is 0.396 e. The number of carbonyl (C=O) groups is 1. The lowest BCUT2D eigenvalue weighted by Gasteiger charge is -2.28. The van der Waals surface area contributed by atoms with Crippen LogP contribution in [0.3, 0.4) is 0 Å². The minimum Gasteiger partial charge on any atom is -0.396 e. The van der Waals surface area contributed by atoms with E-state index in [-0.39, 0.29) is 24.8 Å². The quantitative estimate of drug-likeness (QED) is 0.695. The third-order valence-corrected chi connectivity index (χ3v) is 5.08. The molecule has 2 N–H and O–H groups in total. The SMILES string of the molecule is Cc1ccc(Nc2c(-c3ccc(F)cc3)nc3n2CCN(C(=O)CCO)C3)cc1. The average molecular weight is 394 g/mol. The Morgan fingerprint density at radius 1 is 1.14 bits per heavy atom. The molecule has 0 saturated heterocycles. The molecule has 2 aromatic carbocycles. The topological polar surface area (TPSA) is 70.4 Å². The molecule has 2 heterocycles. The van der Waals surface area contributed by atoms with Crippen LogP contribution in [0.1, 0.15) is 17.8 Å². The molecule has 1 aliphatic rings. The van der Waals surface area contributed by atoms with Gasteiger partial charge in [-0.05, 0) is 43.3 Å². The van der Waals surface area contributed by atoms with Crippen molar-refractivity contribution in [2.75, 3.05) is 18.5 Å². The molecule has 0 atom stereocenters. The van der Waals surface area contributed by atoms with Gasteiger partial charge in [0.05, 0.1) is 13.2 Å². The zero-order valence-electron chi connectivity index (χ0n) is 16.2.